The lowest BCUT2D eigenvalue weighted by molar-refractivity contribution is -0.115. The van der Waals surface area contributed by atoms with Crippen molar-refractivity contribution in [3.05, 3.63) is 94.8 Å². The van der Waals surface area contributed by atoms with Crippen molar-refractivity contribution in [3.63, 3.8) is 0 Å². The first-order valence-electron chi connectivity index (χ1n) is 13.6. The number of anilines is 1. The summed E-state index contributed by atoms with van der Waals surface area (Å²) in [7, 11) is -1.33. The van der Waals surface area contributed by atoms with E-state index < -0.39 is 35.0 Å². The first-order valence-corrected chi connectivity index (χ1v) is 15.5. The maximum atomic E-state index is 13.8. The number of hydrogen-bond donors (Lipinski definition) is 3. The zero-order valence-corrected chi connectivity index (χ0v) is 26.2. The Kier molecular flexibility index (Phi) is 11.5. The van der Waals surface area contributed by atoms with E-state index in [0.717, 1.165) is 0 Å². The summed E-state index contributed by atoms with van der Waals surface area (Å²) in [4.78, 5) is 24.3. The van der Waals surface area contributed by atoms with Crippen LogP contribution in [-0.2, 0) is 39.1 Å². The van der Waals surface area contributed by atoms with Crippen molar-refractivity contribution >= 4 is 39.3 Å². The molecular formula is C30H30ClF2N5O7S. The van der Waals surface area contributed by atoms with Crippen LogP contribution in [0.5, 0.6) is 11.5 Å². The number of amides is 2. The van der Waals surface area contributed by atoms with Crippen molar-refractivity contribution in [2.45, 2.75) is 30.9 Å². The summed E-state index contributed by atoms with van der Waals surface area (Å²) in [6.07, 6.45) is -1.10. The number of rotatable bonds is 14. The lowest BCUT2D eigenvalue weighted by Crippen LogP contribution is -2.28. The van der Waals surface area contributed by atoms with Crippen LogP contribution < -0.4 is 24.8 Å². The molecule has 46 heavy (non-hydrogen) atoms. The van der Waals surface area contributed by atoms with Crippen LogP contribution in [0.2, 0.25) is 5.02 Å². The molecule has 0 aliphatic rings. The highest BCUT2D eigenvalue weighted by molar-refractivity contribution is 7.89. The van der Waals surface area contributed by atoms with Crippen molar-refractivity contribution < 1.29 is 41.0 Å². The highest BCUT2D eigenvalue weighted by Crippen LogP contribution is 2.28. The molecule has 2 amide bonds. The number of carbonyl (C=O) groups is 2. The van der Waals surface area contributed by atoms with Gasteiger partial charge in [0.1, 0.15) is 23.0 Å². The molecule has 0 radical (unpaired) electrons. The molecule has 0 saturated heterocycles. The third-order valence-electron chi connectivity index (χ3n) is 6.44. The quantitative estimate of drug-likeness (QED) is 0.174. The van der Waals surface area contributed by atoms with Gasteiger partial charge in [-0.2, -0.15) is 5.10 Å². The monoisotopic (exact) mass is 677 g/mol. The normalized spacial score (nSPS) is 11.3. The molecule has 0 fully saturated rings. The second kappa shape index (κ2) is 15.5. The number of nitrogens with zero attached hydrogens (tertiary/aromatic N) is 2. The van der Waals surface area contributed by atoms with Crippen molar-refractivity contribution in [2.24, 2.45) is 0 Å². The number of sulfonamides is 1. The van der Waals surface area contributed by atoms with Gasteiger partial charge in [0.15, 0.2) is 0 Å². The average molecular weight is 678 g/mol. The van der Waals surface area contributed by atoms with Gasteiger partial charge in [-0.3, -0.25) is 4.79 Å². The van der Waals surface area contributed by atoms with Gasteiger partial charge in [-0.1, -0.05) is 35.9 Å². The summed E-state index contributed by atoms with van der Waals surface area (Å²) in [5.74, 6) is 0.497. The fourth-order valence-electron chi connectivity index (χ4n) is 4.19. The Bertz CT molecular complexity index is 1800. The van der Waals surface area contributed by atoms with Crippen LogP contribution in [0.4, 0.5) is 19.3 Å². The Labute approximate surface area is 268 Å². The molecule has 244 valence electrons. The van der Waals surface area contributed by atoms with Gasteiger partial charge in [-0.25, -0.2) is 31.4 Å². The maximum absolute atomic E-state index is 13.8. The lowest BCUT2D eigenvalue weighted by atomic mass is 10.1. The number of alkyl halides is 2. The van der Waals surface area contributed by atoms with E-state index >= 15 is 0 Å². The standard InChI is InChI=1S/C30H30ClF2N5O7S/c1-43-23-9-7-21(26(13-23)44-2)15-36-46(41,42)27-12-22(37-29(39)11-20-5-3-4-6-24(20)31)8-10-25(27)38-17-19(14-35-38)18-45-30(40)34-16-28(32)33/h3-10,12-14,17,28,36H,11,15-16,18H2,1-2H3,(H,34,40)(H,37,39). The van der Waals surface area contributed by atoms with Crippen LogP contribution in [0, 0.1) is 0 Å². The first-order chi connectivity index (χ1) is 22.0. The van der Waals surface area contributed by atoms with Gasteiger partial charge in [-0.15, -0.1) is 0 Å². The molecule has 4 aromatic rings. The molecule has 16 heteroatoms. The molecule has 0 spiro atoms. The van der Waals surface area contributed by atoms with E-state index in [2.05, 4.69) is 15.1 Å². The van der Waals surface area contributed by atoms with E-state index in [0.29, 0.717) is 33.2 Å². The molecule has 12 nitrogen and oxygen atoms in total. The van der Waals surface area contributed by atoms with Gasteiger partial charge >= 0.3 is 6.09 Å². The Morgan fingerprint density at radius 3 is 2.52 bits per heavy atom. The van der Waals surface area contributed by atoms with E-state index in [4.69, 9.17) is 25.8 Å². The number of methoxy groups -OCH3 is 2. The number of benzene rings is 3. The van der Waals surface area contributed by atoms with Gasteiger partial charge in [0.2, 0.25) is 15.9 Å². The van der Waals surface area contributed by atoms with Crippen molar-refractivity contribution in [1.82, 2.24) is 19.8 Å². The second-order valence-electron chi connectivity index (χ2n) is 9.64. The van der Waals surface area contributed by atoms with Crippen LogP contribution in [-0.4, -0.2) is 57.4 Å². The topological polar surface area (TPSA) is 150 Å². The first kappa shape index (κ1) is 34.1. The van der Waals surface area contributed by atoms with E-state index in [-0.39, 0.29) is 35.8 Å². The molecule has 0 saturated carbocycles. The molecule has 0 bridgehead atoms. The summed E-state index contributed by atoms with van der Waals surface area (Å²) in [5, 5.41) is 9.22. The number of alkyl carbamates (subject to hydrolysis) is 1. The van der Waals surface area contributed by atoms with Gasteiger partial charge in [0.25, 0.3) is 6.43 Å². The molecule has 3 N–H and O–H groups in total. The average Bonchev–Trinajstić information content (AvgIpc) is 3.51. The van der Waals surface area contributed by atoms with E-state index in [1.54, 1.807) is 42.5 Å². The SMILES string of the molecule is COc1ccc(CNS(=O)(=O)c2cc(NC(=O)Cc3ccccc3Cl)ccc2-n2cc(COC(=O)NCC(F)F)cn2)c(OC)c1. The molecule has 1 aromatic heterocycles. The summed E-state index contributed by atoms with van der Waals surface area (Å²) >= 11 is 6.18. The molecule has 0 unspecified atom stereocenters. The summed E-state index contributed by atoms with van der Waals surface area (Å²) in [6.45, 7) is -1.33. The van der Waals surface area contributed by atoms with Gasteiger partial charge < -0.3 is 24.8 Å². The fraction of sp³-hybridized carbons (Fsp3) is 0.233. The minimum absolute atomic E-state index is 0.0492. The Balaban J connectivity index is 1.61. The number of aromatic nitrogens is 2. The number of nitrogens with one attached hydrogen (secondary N) is 3. The van der Waals surface area contributed by atoms with Crippen molar-refractivity contribution in [1.29, 1.82) is 0 Å². The van der Waals surface area contributed by atoms with Crippen LogP contribution in [0.3, 0.4) is 0 Å². The fourth-order valence-corrected chi connectivity index (χ4v) is 5.61. The minimum Gasteiger partial charge on any atom is -0.497 e. The van der Waals surface area contributed by atoms with Crippen LogP contribution in [0.15, 0.2) is 78.0 Å². The Morgan fingerprint density at radius 2 is 1.80 bits per heavy atom. The lowest BCUT2D eigenvalue weighted by Gasteiger charge is -2.15. The van der Waals surface area contributed by atoms with Crippen molar-refractivity contribution in [3.8, 4) is 17.2 Å². The summed E-state index contributed by atoms with van der Waals surface area (Å²) < 4.78 is 71.5. The van der Waals surface area contributed by atoms with Crippen LogP contribution >= 0.6 is 11.6 Å². The van der Waals surface area contributed by atoms with Crippen LogP contribution in [0.1, 0.15) is 16.7 Å². The van der Waals surface area contributed by atoms with Crippen molar-refractivity contribution in [2.75, 3.05) is 26.1 Å². The smallest absolute Gasteiger partial charge is 0.407 e. The molecule has 0 aliphatic heterocycles. The molecule has 3 aromatic carbocycles. The predicted molar refractivity (Wildman–Crippen MR) is 165 cm³/mol. The van der Waals surface area contributed by atoms with Crippen LogP contribution in [0.25, 0.3) is 5.69 Å². The molecule has 0 atom stereocenters. The summed E-state index contributed by atoms with van der Waals surface area (Å²) in [6, 6.07) is 16.0. The number of carbonyl (C=O) groups excluding carboxylic acids is 2. The third kappa shape index (κ3) is 9.15. The summed E-state index contributed by atoms with van der Waals surface area (Å²) in [5.41, 5.74) is 1.77. The second-order valence-corrected chi connectivity index (χ2v) is 11.8. The van der Waals surface area contributed by atoms with Gasteiger partial charge in [0.05, 0.1) is 39.1 Å². The maximum Gasteiger partial charge on any atom is 0.407 e. The zero-order valence-electron chi connectivity index (χ0n) is 24.6. The number of ether oxygens (including phenoxy) is 3. The predicted octanol–water partition coefficient (Wildman–Crippen LogP) is 4.69. The third-order valence-corrected chi connectivity index (χ3v) is 8.24. The highest BCUT2D eigenvalue weighted by Gasteiger charge is 2.23. The Morgan fingerprint density at radius 1 is 1.02 bits per heavy atom. The molecular weight excluding hydrogens is 648 g/mol. The van der Waals surface area contributed by atoms with Gasteiger partial charge in [0, 0.05) is 40.6 Å². The number of halogens is 3. The minimum atomic E-state index is -4.27. The Hall–Kier alpha value is -4.73. The molecule has 0 aliphatic carbocycles. The zero-order chi connectivity index (χ0) is 33.3. The molecule has 4 rings (SSSR count). The van der Waals surface area contributed by atoms with E-state index in [1.807, 2.05) is 5.32 Å². The van der Waals surface area contributed by atoms with E-state index in [9.17, 15) is 26.8 Å². The van der Waals surface area contributed by atoms with Gasteiger partial charge in [-0.05, 0) is 35.9 Å². The number of hydrogen-bond acceptors (Lipinski definition) is 8. The molecule has 1 heterocycles. The van der Waals surface area contributed by atoms with E-state index in [1.165, 1.54) is 49.5 Å². The highest BCUT2D eigenvalue weighted by atomic mass is 35.5. The largest absolute Gasteiger partial charge is 0.497 e.